The van der Waals surface area contributed by atoms with Crippen molar-refractivity contribution < 1.29 is 31.1 Å². The Labute approximate surface area is 117 Å². The van der Waals surface area contributed by atoms with E-state index in [4.69, 9.17) is 9.79 Å². The van der Waals surface area contributed by atoms with Crippen LogP contribution in [0.1, 0.15) is 30.5 Å². The van der Waals surface area contributed by atoms with Gasteiger partial charge in [-0.25, -0.2) is 8.96 Å². The zero-order valence-corrected chi connectivity index (χ0v) is 12.7. The smallest absolute Gasteiger partial charge is 0.302 e. The molecule has 2 N–H and O–H groups in total. The fourth-order valence-electron chi connectivity index (χ4n) is 2.04. The third kappa shape index (κ3) is 3.86. The van der Waals surface area contributed by atoms with Gasteiger partial charge < -0.3 is 9.79 Å². The van der Waals surface area contributed by atoms with E-state index in [1.807, 2.05) is 6.92 Å². The molecule has 0 heterocycles. The van der Waals surface area contributed by atoms with Crippen molar-refractivity contribution in [1.29, 1.82) is 0 Å². The summed E-state index contributed by atoms with van der Waals surface area (Å²) < 4.78 is 51.3. The molecule has 0 aliphatic rings. The molecule has 0 radical (unpaired) electrons. The van der Waals surface area contributed by atoms with Gasteiger partial charge in [0.15, 0.2) is 0 Å². The maximum absolute atomic E-state index is 13.2. The Bertz CT molecular complexity index is 637. The van der Waals surface area contributed by atoms with Gasteiger partial charge >= 0.3 is 17.9 Å². The molecular weight excluding hydrogens is 310 g/mol. The second-order valence-electron chi connectivity index (χ2n) is 4.04. The van der Waals surface area contributed by atoms with E-state index in [1.165, 1.54) is 6.07 Å². The van der Waals surface area contributed by atoms with Gasteiger partial charge in [0, 0.05) is 5.56 Å². The van der Waals surface area contributed by atoms with Crippen LogP contribution in [0.2, 0.25) is 0 Å². The van der Waals surface area contributed by atoms with Crippen LogP contribution in [0.5, 0.6) is 0 Å². The van der Waals surface area contributed by atoms with Gasteiger partial charge in [-0.15, -0.1) is 0 Å². The van der Waals surface area contributed by atoms with Crippen LogP contribution in [0, 0.1) is 0 Å². The zero-order chi connectivity index (χ0) is 15.6. The molecule has 1 rings (SSSR count). The molecule has 0 bridgehead atoms. The van der Waals surface area contributed by atoms with Crippen LogP contribution in [0.25, 0.3) is 0 Å². The van der Waals surface area contributed by atoms with E-state index in [0.29, 0.717) is 18.4 Å². The lowest BCUT2D eigenvalue weighted by Crippen LogP contribution is -2.10. The number of hydrogen-bond acceptors (Lipinski definition) is 4. The van der Waals surface area contributed by atoms with E-state index >= 15 is 0 Å². The van der Waals surface area contributed by atoms with E-state index < -0.39 is 29.5 Å². The lowest BCUT2D eigenvalue weighted by molar-refractivity contribution is 0.285. The Kier molecular flexibility index (Phi) is 5.46. The van der Waals surface area contributed by atoms with Crippen LogP contribution in [0.4, 0.5) is 4.39 Å². The van der Waals surface area contributed by atoms with Crippen molar-refractivity contribution in [1.82, 2.24) is 0 Å². The molecule has 0 saturated carbocycles. The molecule has 6 nitrogen and oxygen atoms in total. The van der Waals surface area contributed by atoms with Gasteiger partial charge in [-0.05, 0) is 30.0 Å². The standard InChI is InChI=1S/C11H16FO6PS/c1-3-8-5-6-11(10(7-12)9(8)4-2)20(16,17)18-19(13,14)15/h5-6H,3-4,7H2,1-2H3,(H2,13,14,15). The fourth-order valence-corrected chi connectivity index (χ4v) is 4.10. The van der Waals surface area contributed by atoms with Crippen LogP contribution in [0.3, 0.4) is 0 Å². The third-order valence-corrected chi connectivity index (χ3v) is 5.30. The number of phosphoric acid groups is 1. The molecule has 20 heavy (non-hydrogen) atoms. The van der Waals surface area contributed by atoms with Crippen molar-refractivity contribution in [2.24, 2.45) is 0 Å². The van der Waals surface area contributed by atoms with E-state index in [-0.39, 0.29) is 5.56 Å². The second-order valence-corrected chi connectivity index (χ2v) is 6.97. The lowest BCUT2D eigenvalue weighted by atomic mass is 9.98. The first-order chi connectivity index (χ1) is 9.16. The highest BCUT2D eigenvalue weighted by Crippen LogP contribution is 2.41. The van der Waals surface area contributed by atoms with Crippen molar-refractivity contribution in [2.45, 2.75) is 38.3 Å². The van der Waals surface area contributed by atoms with Crippen LogP contribution < -0.4 is 0 Å². The van der Waals surface area contributed by atoms with Crippen molar-refractivity contribution in [3.8, 4) is 0 Å². The molecule has 0 aliphatic carbocycles. The van der Waals surface area contributed by atoms with Gasteiger partial charge in [0.1, 0.15) is 11.6 Å². The summed E-state index contributed by atoms with van der Waals surface area (Å²) in [6.45, 7) is 2.53. The van der Waals surface area contributed by atoms with E-state index in [9.17, 15) is 17.4 Å². The predicted octanol–water partition coefficient (Wildman–Crippen LogP) is 2.08. The summed E-state index contributed by atoms with van der Waals surface area (Å²) in [4.78, 5) is 16.7. The summed E-state index contributed by atoms with van der Waals surface area (Å²) >= 11 is 0. The monoisotopic (exact) mass is 326 g/mol. The second kappa shape index (κ2) is 6.32. The minimum Gasteiger partial charge on any atom is -0.302 e. The minimum atomic E-state index is -5.24. The summed E-state index contributed by atoms with van der Waals surface area (Å²) in [7, 11) is -9.96. The zero-order valence-electron chi connectivity index (χ0n) is 11.0. The summed E-state index contributed by atoms with van der Waals surface area (Å²) in [6.07, 6.45) is 0.998. The molecule has 0 fully saturated rings. The Hall–Kier alpha value is -0.790. The normalized spacial score (nSPS) is 12.7. The molecule has 0 unspecified atom stereocenters. The highest BCUT2D eigenvalue weighted by atomic mass is 32.2. The van der Waals surface area contributed by atoms with Crippen LogP contribution in [-0.2, 0) is 38.2 Å². The predicted molar refractivity (Wildman–Crippen MR) is 70.3 cm³/mol. The maximum atomic E-state index is 13.2. The molecule has 9 heteroatoms. The number of aryl methyl sites for hydroxylation is 1. The number of halogens is 1. The SMILES string of the molecule is CCc1ccc(S(=O)(=O)OP(=O)(O)O)c(CF)c1CC. The Balaban J connectivity index is 3.50. The summed E-state index contributed by atoms with van der Waals surface area (Å²) in [5.74, 6) is 0. The molecule has 0 amide bonds. The average Bonchev–Trinajstić information content (AvgIpc) is 2.33. The third-order valence-electron chi connectivity index (χ3n) is 2.82. The summed E-state index contributed by atoms with van der Waals surface area (Å²) in [5, 5.41) is 0. The molecule has 0 aliphatic heterocycles. The number of alkyl halides is 1. The van der Waals surface area contributed by atoms with Gasteiger partial charge in [0.2, 0.25) is 0 Å². The van der Waals surface area contributed by atoms with Crippen molar-refractivity contribution >= 4 is 17.9 Å². The topological polar surface area (TPSA) is 101 Å². The van der Waals surface area contributed by atoms with Gasteiger partial charge in [0.25, 0.3) is 0 Å². The summed E-state index contributed by atoms with van der Waals surface area (Å²) in [6, 6.07) is 2.60. The largest absolute Gasteiger partial charge is 0.484 e. The number of rotatable bonds is 6. The first kappa shape index (κ1) is 17.3. The maximum Gasteiger partial charge on any atom is 0.484 e. The van der Waals surface area contributed by atoms with Crippen LogP contribution in [-0.4, -0.2) is 18.2 Å². The lowest BCUT2D eigenvalue weighted by Gasteiger charge is -2.15. The van der Waals surface area contributed by atoms with Gasteiger partial charge in [0.05, 0.1) is 0 Å². The van der Waals surface area contributed by atoms with Gasteiger partial charge in [-0.3, -0.25) is 0 Å². The summed E-state index contributed by atoms with van der Waals surface area (Å²) in [5.41, 5.74) is 1.20. The van der Waals surface area contributed by atoms with Crippen molar-refractivity contribution in [3.05, 3.63) is 28.8 Å². The highest BCUT2D eigenvalue weighted by Gasteiger charge is 2.30. The molecule has 114 valence electrons. The van der Waals surface area contributed by atoms with Crippen LogP contribution in [0.15, 0.2) is 17.0 Å². The first-order valence-electron chi connectivity index (χ1n) is 5.87. The molecule has 0 atom stereocenters. The van der Waals surface area contributed by atoms with E-state index in [0.717, 1.165) is 11.6 Å². The number of hydrogen-bond donors (Lipinski definition) is 2. The molecule has 0 aromatic heterocycles. The van der Waals surface area contributed by atoms with Gasteiger partial charge in [-0.2, -0.15) is 12.4 Å². The van der Waals surface area contributed by atoms with Crippen molar-refractivity contribution in [3.63, 3.8) is 0 Å². The molecule has 1 aromatic carbocycles. The highest BCUT2D eigenvalue weighted by molar-refractivity contribution is 7.90. The minimum absolute atomic E-state index is 0.111. The van der Waals surface area contributed by atoms with E-state index in [1.54, 1.807) is 6.92 Å². The fraction of sp³-hybridized carbons (Fsp3) is 0.455. The quantitative estimate of drug-likeness (QED) is 0.776. The van der Waals surface area contributed by atoms with Crippen LogP contribution >= 0.6 is 7.82 Å². The Morgan fingerprint density at radius 1 is 1.20 bits per heavy atom. The number of benzene rings is 1. The molecular formula is C11H16FO6PS. The van der Waals surface area contributed by atoms with E-state index in [2.05, 4.69) is 3.97 Å². The molecule has 0 saturated heterocycles. The Morgan fingerprint density at radius 3 is 2.20 bits per heavy atom. The van der Waals surface area contributed by atoms with Crippen molar-refractivity contribution in [2.75, 3.05) is 0 Å². The van der Waals surface area contributed by atoms with Gasteiger partial charge in [-0.1, -0.05) is 19.9 Å². The first-order valence-corrected chi connectivity index (χ1v) is 8.81. The average molecular weight is 326 g/mol. The Morgan fingerprint density at radius 2 is 1.80 bits per heavy atom. The molecule has 0 spiro atoms. The molecule has 1 aromatic rings.